The van der Waals surface area contributed by atoms with Gasteiger partial charge in [-0.2, -0.15) is 5.10 Å². The van der Waals surface area contributed by atoms with Crippen LogP contribution in [0.2, 0.25) is 5.02 Å². The summed E-state index contributed by atoms with van der Waals surface area (Å²) in [6.07, 6.45) is 1.38. The minimum Gasteiger partial charge on any atom is -0.484 e. The molecule has 2 aromatic rings. The number of hydrogen-bond donors (Lipinski definition) is 1. The van der Waals surface area contributed by atoms with Crippen LogP contribution in [-0.4, -0.2) is 23.7 Å². The second-order valence-corrected chi connectivity index (χ2v) is 5.25. The van der Waals surface area contributed by atoms with E-state index >= 15 is 0 Å². The molecule has 0 aliphatic heterocycles. The quantitative estimate of drug-likeness (QED) is 0.493. The molecule has 1 amide bonds. The standard InChI is InChI=1S/C16H14ClN3O4/c1-11-8-14(6-7-15(11)17)24-10-16(21)19-18-9-12-2-4-13(5-3-12)20(22)23/h2-9H,10H2,1H3,(H,19,21)/b18-9-. The van der Waals surface area contributed by atoms with Gasteiger partial charge in [-0.3, -0.25) is 14.9 Å². The highest BCUT2D eigenvalue weighted by atomic mass is 35.5. The van der Waals surface area contributed by atoms with Gasteiger partial charge in [0.05, 0.1) is 11.1 Å². The van der Waals surface area contributed by atoms with Crippen LogP contribution in [0.1, 0.15) is 11.1 Å². The number of nitrogens with zero attached hydrogens (tertiary/aromatic N) is 2. The van der Waals surface area contributed by atoms with Crippen LogP contribution < -0.4 is 10.2 Å². The summed E-state index contributed by atoms with van der Waals surface area (Å²) in [5.74, 6) is 0.104. The Kier molecular flexibility index (Phi) is 5.86. The molecule has 1 N–H and O–H groups in total. The van der Waals surface area contributed by atoms with Crippen LogP contribution >= 0.6 is 11.6 Å². The third kappa shape index (κ3) is 5.06. The van der Waals surface area contributed by atoms with Crippen molar-refractivity contribution < 1.29 is 14.5 Å². The van der Waals surface area contributed by atoms with Crippen molar-refractivity contribution in [3.8, 4) is 5.75 Å². The van der Waals surface area contributed by atoms with Crippen LogP contribution in [0.5, 0.6) is 5.75 Å². The lowest BCUT2D eigenvalue weighted by molar-refractivity contribution is -0.384. The van der Waals surface area contributed by atoms with Gasteiger partial charge in [0.15, 0.2) is 6.61 Å². The zero-order chi connectivity index (χ0) is 17.5. The Morgan fingerprint density at radius 1 is 1.33 bits per heavy atom. The first-order valence-electron chi connectivity index (χ1n) is 6.91. The van der Waals surface area contributed by atoms with Gasteiger partial charge in [0.2, 0.25) is 0 Å². The van der Waals surface area contributed by atoms with Gasteiger partial charge in [-0.05, 0) is 48.4 Å². The van der Waals surface area contributed by atoms with E-state index in [0.29, 0.717) is 16.3 Å². The largest absolute Gasteiger partial charge is 0.484 e. The Labute approximate surface area is 143 Å². The van der Waals surface area contributed by atoms with Crippen molar-refractivity contribution in [3.05, 3.63) is 68.7 Å². The summed E-state index contributed by atoms with van der Waals surface area (Å²) >= 11 is 5.91. The summed E-state index contributed by atoms with van der Waals surface area (Å²) in [6, 6.07) is 10.9. The molecule has 0 unspecified atom stereocenters. The van der Waals surface area contributed by atoms with Gasteiger partial charge in [0.25, 0.3) is 11.6 Å². The highest BCUT2D eigenvalue weighted by molar-refractivity contribution is 6.31. The van der Waals surface area contributed by atoms with E-state index < -0.39 is 10.8 Å². The second kappa shape index (κ2) is 8.07. The number of hydrogen-bond acceptors (Lipinski definition) is 5. The highest BCUT2D eigenvalue weighted by Gasteiger charge is 2.04. The fourth-order valence-electron chi connectivity index (χ4n) is 1.75. The lowest BCUT2D eigenvalue weighted by atomic mass is 10.2. The number of hydrazone groups is 1. The summed E-state index contributed by atoms with van der Waals surface area (Å²) in [4.78, 5) is 21.7. The lowest BCUT2D eigenvalue weighted by Crippen LogP contribution is -2.24. The Morgan fingerprint density at radius 2 is 2.04 bits per heavy atom. The number of amides is 1. The molecule has 0 saturated carbocycles. The van der Waals surface area contributed by atoms with Crippen molar-refractivity contribution in [1.82, 2.24) is 5.43 Å². The van der Waals surface area contributed by atoms with Gasteiger partial charge < -0.3 is 4.74 Å². The Morgan fingerprint density at radius 3 is 2.67 bits per heavy atom. The predicted octanol–water partition coefficient (Wildman–Crippen LogP) is 3.09. The number of nitrogens with one attached hydrogen (secondary N) is 1. The molecule has 0 aliphatic carbocycles. The average Bonchev–Trinajstić information content (AvgIpc) is 2.56. The van der Waals surface area contributed by atoms with Crippen LogP contribution in [-0.2, 0) is 4.79 Å². The highest BCUT2D eigenvalue weighted by Crippen LogP contribution is 2.20. The van der Waals surface area contributed by atoms with Gasteiger partial charge >= 0.3 is 0 Å². The van der Waals surface area contributed by atoms with E-state index in [1.807, 2.05) is 6.92 Å². The zero-order valence-corrected chi connectivity index (χ0v) is 13.5. The maximum atomic E-state index is 11.6. The van der Waals surface area contributed by atoms with E-state index in [1.54, 1.807) is 18.2 Å². The molecule has 7 nitrogen and oxygen atoms in total. The molecular formula is C16H14ClN3O4. The number of rotatable bonds is 6. The molecule has 0 bridgehead atoms. The van der Waals surface area contributed by atoms with Gasteiger partial charge in [0, 0.05) is 17.2 Å². The first-order chi connectivity index (χ1) is 11.5. The third-order valence-corrected chi connectivity index (χ3v) is 3.43. The van der Waals surface area contributed by atoms with E-state index in [-0.39, 0.29) is 12.3 Å². The summed E-state index contributed by atoms with van der Waals surface area (Å²) in [6.45, 7) is 1.64. The maximum absolute atomic E-state index is 11.6. The predicted molar refractivity (Wildman–Crippen MR) is 90.5 cm³/mol. The summed E-state index contributed by atoms with van der Waals surface area (Å²) in [5.41, 5.74) is 3.77. The smallest absolute Gasteiger partial charge is 0.277 e. The summed E-state index contributed by atoms with van der Waals surface area (Å²) < 4.78 is 5.33. The molecule has 24 heavy (non-hydrogen) atoms. The average molecular weight is 348 g/mol. The Bertz CT molecular complexity index is 775. The normalized spacial score (nSPS) is 10.6. The van der Waals surface area contributed by atoms with E-state index in [4.69, 9.17) is 16.3 Å². The molecule has 0 atom stereocenters. The molecule has 0 spiro atoms. The first kappa shape index (κ1) is 17.4. The number of non-ortho nitro benzene ring substituents is 1. The van der Waals surface area contributed by atoms with Gasteiger partial charge in [-0.25, -0.2) is 5.43 Å². The van der Waals surface area contributed by atoms with E-state index in [2.05, 4.69) is 10.5 Å². The second-order valence-electron chi connectivity index (χ2n) is 4.84. The van der Waals surface area contributed by atoms with Gasteiger partial charge in [-0.1, -0.05) is 11.6 Å². The van der Waals surface area contributed by atoms with E-state index in [1.165, 1.54) is 30.5 Å². The third-order valence-electron chi connectivity index (χ3n) is 3.01. The molecule has 0 radical (unpaired) electrons. The van der Waals surface area contributed by atoms with E-state index in [9.17, 15) is 14.9 Å². The first-order valence-corrected chi connectivity index (χ1v) is 7.29. The van der Waals surface area contributed by atoms with Gasteiger partial charge in [-0.15, -0.1) is 0 Å². The Balaban J connectivity index is 1.81. The molecule has 0 aliphatic rings. The molecule has 0 fully saturated rings. The molecule has 124 valence electrons. The summed E-state index contributed by atoms with van der Waals surface area (Å²) in [5, 5.41) is 14.9. The van der Waals surface area contributed by atoms with E-state index in [0.717, 1.165) is 5.56 Å². The van der Waals surface area contributed by atoms with Crippen LogP contribution in [0.25, 0.3) is 0 Å². The summed E-state index contributed by atoms with van der Waals surface area (Å²) in [7, 11) is 0. The number of aryl methyl sites for hydroxylation is 1. The fourth-order valence-corrected chi connectivity index (χ4v) is 1.87. The monoisotopic (exact) mass is 347 g/mol. The van der Waals surface area contributed by atoms with Gasteiger partial charge in [0.1, 0.15) is 5.75 Å². The number of benzene rings is 2. The fraction of sp³-hybridized carbons (Fsp3) is 0.125. The van der Waals surface area contributed by atoms with Crippen molar-refractivity contribution in [3.63, 3.8) is 0 Å². The minimum absolute atomic E-state index is 0.0113. The molecule has 0 saturated heterocycles. The Hall–Kier alpha value is -2.93. The van der Waals surface area contributed by atoms with Crippen LogP contribution in [0.4, 0.5) is 5.69 Å². The number of ether oxygens (including phenoxy) is 1. The molecular weight excluding hydrogens is 334 g/mol. The van der Waals surface area contributed by atoms with Crippen molar-refractivity contribution in [1.29, 1.82) is 0 Å². The van der Waals surface area contributed by atoms with Crippen molar-refractivity contribution >= 4 is 29.4 Å². The molecule has 2 aromatic carbocycles. The topological polar surface area (TPSA) is 93.8 Å². The van der Waals surface area contributed by atoms with Crippen LogP contribution in [0, 0.1) is 17.0 Å². The molecule has 8 heteroatoms. The molecule has 0 heterocycles. The SMILES string of the molecule is Cc1cc(OCC(=O)N/N=C\c2ccc([N+](=O)[O-])cc2)ccc1Cl. The van der Waals surface area contributed by atoms with Crippen molar-refractivity contribution in [2.45, 2.75) is 6.92 Å². The number of halogens is 1. The molecule has 2 rings (SSSR count). The van der Waals surface area contributed by atoms with Crippen LogP contribution in [0.3, 0.4) is 0 Å². The number of nitro groups is 1. The van der Waals surface area contributed by atoms with Crippen LogP contribution in [0.15, 0.2) is 47.6 Å². The number of nitro benzene ring substituents is 1. The minimum atomic E-state index is -0.488. The number of carbonyl (C=O) groups is 1. The molecule has 0 aromatic heterocycles. The zero-order valence-electron chi connectivity index (χ0n) is 12.7. The number of carbonyl (C=O) groups excluding carboxylic acids is 1. The van der Waals surface area contributed by atoms with Crippen molar-refractivity contribution in [2.24, 2.45) is 5.10 Å². The lowest BCUT2D eigenvalue weighted by Gasteiger charge is -2.06. The van der Waals surface area contributed by atoms with Crippen molar-refractivity contribution in [2.75, 3.05) is 6.61 Å². The maximum Gasteiger partial charge on any atom is 0.277 e.